The number of hydrogen-bond acceptors (Lipinski definition) is 2. The molecule has 16 heavy (non-hydrogen) atoms. The second-order valence-electron chi connectivity index (χ2n) is 4.15. The van der Waals surface area contributed by atoms with E-state index in [1.165, 1.54) is 5.01 Å². The first-order valence-electron chi connectivity index (χ1n) is 5.75. The summed E-state index contributed by atoms with van der Waals surface area (Å²) in [5.41, 5.74) is 0. The third kappa shape index (κ3) is 3.17. The van der Waals surface area contributed by atoms with E-state index in [4.69, 9.17) is 0 Å². The zero-order valence-electron chi connectivity index (χ0n) is 9.54. The molecule has 2 heteroatoms. The lowest BCUT2D eigenvalue weighted by Gasteiger charge is -2.13. The molecule has 0 aliphatic heterocycles. The van der Waals surface area contributed by atoms with Gasteiger partial charge in [0, 0.05) is 17.5 Å². The minimum Gasteiger partial charge on any atom is -0.249 e. The van der Waals surface area contributed by atoms with Gasteiger partial charge in [0.25, 0.3) is 0 Å². The summed E-state index contributed by atoms with van der Waals surface area (Å²) in [5.74, 6) is 1.09. The van der Waals surface area contributed by atoms with Crippen LogP contribution in [0.1, 0.15) is 30.7 Å². The van der Waals surface area contributed by atoms with Gasteiger partial charge in [0.2, 0.25) is 0 Å². The van der Waals surface area contributed by atoms with Crippen LogP contribution in [0.3, 0.4) is 0 Å². The van der Waals surface area contributed by atoms with E-state index in [2.05, 4.69) is 53.7 Å². The number of rotatable bonds is 3. The molecule has 1 aromatic rings. The third-order valence-corrected chi connectivity index (χ3v) is 3.77. The quantitative estimate of drug-likeness (QED) is 0.706. The Hall–Kier alpha value is -1.15. The fourth-order valence-electron chi connectivity index (χ4n) is 1.90. The molecule has 2 atom stereocenters. The highest BCUT2D eigenvalue weighted by Crippen LogP contribution is 2.26. The maximum Gasteiger partial charge on any atom is 0.0953 e. The molecular weight excluding hydrogens is 214 g/mol. The Labute approximate surface area is 101 Å². The van der Waals surface area contributed by atoms with E-state index in [9.17, 15) is 0 Å². The lowest BCUT2D eigenvalue weighted by Crippen LogP contribution is -2.01. The van der Waals surface area contributed by atoms with E-state index < -0.39 is 0 Å². The Balaban J connectivity index is 1.98. The van der Waals surface area contributed by atoms with Gasteiger partial charge in [-0.1, -0.05) is 43.4 Å². The minimum atomic E-state index is 0.544. The van der Waals surface area contributed by atoms with E-state index in [-0.39, 0.29) is 0 Å². The molecule has 0 N–H and O–H groups in total. The molecule has 1 aliphatic rings. The molecular formula is C14H17NS. The molecule has 2 rings (SSSR count). The van der Waals surface area contributed by atoms with Crippen LogP contribution in [0.5, 0.6) is 0 Å². The highest BCUT2D eigenvalue weighted by Gasteiger charge is 2.12. The molecule has 1 nitrogen and oxygen atoms in total. The first kappa shape index (κ1) is 11.3. The van der Waals surface area contributed by atoms with E-state index in [0.717, 1.165) is 12.8 Å². The fourth-order valence-corrected chi connectivity index (χ4v) is 2.62. The maximum atomic E-state index is 4.38. The van der Waals surface area contributed by atoms with Crippen molar-refractivity contribution in [2.45, 2.75) is 25.7 Å². The van der Waals surface area contributed by atoms with Crippen molar-refractivity contribution in [3.8, 4) is 0 Å². The van der Waals surface area contributed by atoms with Crippen LogP contribution in [-0.2, 0) is 0 Å². The van der Waals surface area contributed by atoms with E-state index in [1.54, 1.807) is 11.3 Å². The molecule has 1 aromatic heterocycles. The molecule has 0 bridgehead atoms. The van der Waals surface area contributed by atoms with Crippen LogP contribution in [0.15, 0.2) is 48.0 Å². The van der Waals surface area contributed by atoms with Crippen molar-refractivity contribution in [2.24, 2.45) is 5.92 Å². The first-order valence-corrected chi connectivity index (χ1v) is 6.63. The molecule has 84 valence electrons. The molecule has 0 fully saturated rings. The zero-order valence-corrected chi connectivity index (χ0v) is 10.4. The number of nitrogens with zero attached hydrogens (tertiary/aromatic N) is 1. The molecule has 1 heterocycles. The van der Waals surface area contributed by atoms with Crippen LogP contribution in [0.2, 0.25) is 0 Å². The monoisotopic (exact) mass is 231 g/mol. The van der Waals surface area contributed by atoms with Crippen molar-refractivity contribution >= 4 is 11.3 Å². The number of aromatic nitrogens is 1. The number of thiazole rings is 1. The Morgan fingerprint density at radius 1 is 1.38 bits per heavy atom. The van der Waals surface area contributed by atoms with Crippen molar-refractivity contribution in [1.29, 1.82) is 0 Å². The zero-order chi connectivity index (χ0) is 11.2. The highest BCUT2D eigenvalue weighted by atomic mass is 32.1. The molecule has 1 aliphatic carbocycles. The average molecular weight is 231 g/mol. The predicted molar refractivity (Wildman–Crippen MR) is 70.7 cm³/mol. The number of hydrogen-bond donors (Lipinski definition) is 0. The predicted octanol–water partition coefficient (Wildman–Crippen LogP) is 4.33. The molecule has 0 saturated carbocycles. The van der Waals surface area contributed by atoms with Crippen molar-refractivity contribution in [1.82, 2.24) is 4.98 Å². The van der Waals surface area contributed by atoms with Crippen LogP contribution in [0.25, 0.3) is 0 Å². The van der Waals surface area contributed by atoms with Gasteiger partial charge in [0.1, 0.15) is 0 Å². The second-order valence-corrected chi connectivity index (χ2v) is 5.07. The topological polar surface area (TPSA) is 12.9 Å². The summed E-state index contributed by atoms with van der Waals surface area (Å²) in [6, 6.07) is 0. The van der Waals surface area contributed by atoms with Gasteiger partial charge >= 0.3 is 0 Å². The fraction of sp³-hybridized carbons (Fsp3) is 0.357. The summed E-state index contributed by atoms with van der Waals surface area (Å²) < 4.78 is 0. The summed E-state index contributed by atoms with van der Waals surface area (Å²) in [6.45, 7) is 2.26. The summed E-state index contributed by atoms with van der Waals surface area (Å²) in [5, 5.41) is 3.30. The van der Waals surface area contributed by atoms with Crippen LogP contribution in [0.4, 0.5) is 0 Å². The van der Waals surface area contributed by atoms with Crippen molar-refractivity contribution in [3.63, 3.8) is 0 Å². The van der Waals surface area contributed by atoms with Crippen LogP contribution in [0, 0.1) is 5.92 Å². The van der Waals surface area contributed by atoms with Gasteiger partial charge in [-0.05, 0) is 18.8 Å². The molecule has 0 aromatic carbocycles. The highest BCUT2D eigenvalue weighted by molar-refractivity contribution is 7.09. The second kappa shape index (κ2) is 5.80. The lowest BCUT2D eigenvalue weighted by atomic mass is 9.94. The lowest BCUT2D eigenvalue weighted by molar-refractivity contribution is 0.604. The van der Waals surface area contributed by atoms with Gasteiger partial charge in [-0.3, -0.25) is 0 Å². The van der Waals surface area contributed by atoms with Gasteiger partial charge in [-0.25, -0.2) is 4.98 Å². The van der Waals surface area contributed by atoms with Crippen molar-refractivity contribution in [3.05, 3.63) is 53.0 Å². The Kier molecular flexibility index (Phi) is 4.11. The van der Waals surface area contributed by atoms with Crippen LogP contribution >= 0.6 is 11.3 Å². The van der Waals surface area contributed by atoms with Gasteiger partial charge in [-0.15, -0.1) is 11.3 Å². The maximum absolute atomic E-state index is 4.38. The Bertz CT molecular complexity index is 387. The summed E-state index contributed by atoms with van der Waals surface area (Å²) in [6.07, 6.45) is 17.4. The van der Waals surface area contributed by atoms with Gasteiger partial charge < -0.3 is 0 Å². The largest absolute Gasteiger partial charge is 0.249 e. The summed E-state index contributed by atoms with van der Waals surface area (Å²) >= 11 is 1.76. The summed E-state index contributed by atoms with van der Waals surface area (Å²) in [7, 11) is 0. The van der Waals surface area contributed by atoms with Gasteiger partial charge in [-0.2, -0.15) is 0 Å². The van der Waals surface area contributed by atoms with E-state index in [0.29, 0.717) is 11.8 Å². The first-order chi connectivity index (χ1) is 7.86. The summed E-state index contributed by atoms with van der Waals surface area (Å²) in [4.78, 5) is 4.38. The van der Waals surface area contributed by atoms with Gasteiger partial charge in [0.05, 0.1) is 5.01 Å². The molecule has 2 unspecified atom stereocenters. The smallest absolute Gasteiger partial charge is 0.0953 e. The van der Waals surface area contributed by atoms with Gasteiger partial charge in [0.15, 0.2) is 0 Å². The molecule has 0 radical (unpaired) electrons. The van der Waals surface area contributed by atoms with Crippen LogP contribution < -0.4 is 0 Å². The SMILES string of the molecule is CC(CC1/C=C\C=C/C/C=C\1)c1nccs1. The van der Waals surface area contributed by atoms with E-state index in [1.807, 2.05) is 6.20 Å². The molecule has 0 spiro atoms. The normalized spacial score (nSPS) is 27.7. The standard InChI is InChI=1S/C14H17NS/c1-12(14-15-9-10-16-14)11-13-7-5-3-2-4-6-8-13/h2-3,5-10,12-13H,4,11H2,1H3/b3-2-,7-5-,8-6-. The average Bonchev–Trinajstić information content (AvgIpc) is 2.74. The Morgan fingerprint density at radius 2 is 2.31 bits per heavy atom. The van der Waals surface area contributed by atoms with Crippen molar-refractivity contribution in [2.75, 3.05) is 0 Å². The minimum absolute atomic E-state index is 0.544. The third-order valence-electron chi connectivity index (χ3n) is 2.76. The van der Waals surface area contributed by atoms with Crippen LogP contribution in [-0.4, -0.2) is 4.98 Å². The van der Waals surface area contributed by atoms with Crippen molar-refractivity contribution < 1.29 is 0 Å². The van der Waals surface area contributed by atoms with E-state index >= 15 is 0 Å². The Morgan fingerprint density at radius 3 is 3.12 bits per heavy atom. The number of allylic oxidation sites excluding steroid dienone is 6. The molecule has 0 amide bonds. The molecule has 0 saturated heterocycles.